The van der Waals surface area contributed by atoms with E-state index in [-0.39, 0.29) is 0 Å². The zero-order valence-corrected chi connectivity index (χ0v) is 10.8. The Morgan fingerprint density at radius 3 is 2.58 bits per heavy atom. The van der Waals surface area contributed by atoms with Gasteiger partial charge in [0.1, 0.15) is 6.04 Å². The van der Waals surface area contributed by atoms with Crippen LogP contribution in [0.3, 0.4) is 0 Å². The van der Waals surface area contributed by atoms with Gasteiger partial charge in [-0.2, -0.15) is 0 Å². The molecule has 1 atom stereocenters. The zero-order chi connectivity index (χ0) is 14.2. The molecule has 1 heterocycles. The highest BCUT2D eigenvalue weighted by molar-refractivity contribution is 6.25. The van der Waals surface area contributed by atoms with E-state index < -0.39 is 23.8 Å². The molecule has 0 spiro atoms. The van der Waals surface area contributed by atoms with Gasteiger partial charge in [-0.25, -0.2) is 0 Å². The second-order valence-electron chi connectivity index (χ2n) is 4.28. The first-order valence-corrected chi connectivity index (χ1v) is 6.00. The van der Waals surface area contributed by atoms with Crippen LogP contribution in [0.2, 0.25) is 0 Å². The monoisotopic (exact) mass is 261 g/mol. The lowest BCUT2D eigenvalue weighted by Crippen LogP contribution is -2.47. The number of nitrogens with zero attached hydrogens (tertiary/aromatic N) is 1. The quantitative estimate of drug-likeness (QED) is 0.776. The number of anilines is 1. The summed E-state index contributed by atoms with van der Waals surface area (Å²) < 4.78 is 0. The Morgan fingerprint density at radius 1 is 1.37 bits per heavy atom. The molecular formula is C13H15N3O3. The average Bonchev–Trinajstić information content (AvgIpc) is 2.64. The number of rotatable bonds is 4. The second-order valence-corrected chi connectivity index (χ2v) is 4.28. The molecule has 0 radical (unpaired) electrons. The maximum absolute atomic E-state index is 12.3. The summed E-state index contributed by atoms with van der Waals surface area (Å²) >= 11 is 0. The van der Waals surface area contributed by atoms with Crippen molar-refractivity contribution in [3.63, 3.8) is 0 Å². The van der Waals surface area contributed by atoms with Crippen molar-refractivity contribution in [2.24, 2.45) is 5.73 Å². The molecule has 2 rings (SSSR count). The van der Waals surface area contributed by atoms with Crippen molar-refractivity contribution in [2.45, 2.75) is 19.4 Å². The highest BCUT2D eigenvalue weighted by atomic mass is 16.2. The predicted molar refractivity (Wildman–Crippen MR) is 69.8 cm³/mol. The third kappa shape index (κ3) is 1.85. The van der Waals surface area contributed by atoms with E-state index in [2.05, 4.69) is 5.32 Å². The Kier molecular flexibility index (Phi) is 3.25. The number of carbonyl (C=O) groups is 3. The van der Waals surface area contributed by atoms with Crippen molar-refractivity contribution in [3.8, 4) is 0 Å². The van der Waals surface area contributed by atoms with Crippen molar-refractivity contribution in [1.29, 1.82) is 0 Å². The normalized spacial score (nSPS) is 15.4. The number of fused-ring (bicyclic) bond motifs is 1. The fourth-order valence-corrected chi connectivity index (χ4v) is 2.31. The molecule has 1 aliphatic heterocycles. The van der Waals surface area contributed by atoms with Gasteiger partial charge in [-0.15, -0.1) is 0 Å². The van der Waals surface area contributed by atoms with E-state index in [0.717, 1.165) is 4.90 Å². The largest absolute Gasteiger partial charge is 0.387 e. The number of amides is 3. The van der Waals surface area contributed by atoms with Gasteiger partial charge in [0.05, 0.1) is 11.1 Å². The summed E-state index contributed by atoms with van der Waals surface area (Å²) in [6.07, 6.45) is 0.301. The van der Waals surface area contributed by atoms with E-state index in [1.54, 1.807) is 32.2 Å². The summed E-state index contributed by atoms with van der Waals surface area (Å²) in [6, 6.07) is 4.06. The van der Waals surface area contributed by atoms with Crippen LogP contribution in [0.25, 0.3) is 0 Å². The predicted octanol–water partition coefficient (Wildman–Crippen LogP) is 0.588. The van der Waals surface area contributed by atoms with E-state index in [1.807, 2.05) is 0 Å². The summed E-state index contributed by atoms with van der Waals surface area (Å²) in [5, 5.41) is 2.87. The van der Waals surface area contributed by atoms with Crippen LogP contribution in [0.1, 0.15) is 34.1 Å². The number of hydrogen-bond donors (Lipinski definition) is 2. The summed E-state index contributed by atoms with van der Waals surface area (Å²) in [4.78, 5) is 36.9. The summed E-state index contributed by atoms with van der Waals surface area (Å²) in [6.45, 7) is 1.71. The molecule has 1 unspecified atom stereocenters. The molecule has 0 fully saturated rings. The van der Waals surface area contributed by atoms with Crippen LogP contribution in [0.4, 0.5) is 5.69 Å². The van der Waals surface area contributed by atoms with E-state index in [1.165, 1.54) is 0 Å². The van der Waals surface area contributed by atoms with E-state index in [4.69, 9.17) is 5.73 Å². The molecule has 1 aromatic rings. The fraction of sp³-hybridized carbons (Fsp3) is 0.308. The number of nitrogens with two attached hydrogens (primary N) is 1. The van der Waals surface area contributed by atoms with Crippen LogP contribution in [-0.2, 0) is 4.79 Å². The van der Waals surface area contributed by atoms with Crippen LogP contribution in [0.5, 0.6) is 0 Å². The van der Waals surface area contributed by atoms with Gasteiger partial charge in [-0.3, -0.25) is 19.3 Å². The van der Waals surface area contributed by atoms with Crippen molar-refractivity contribution in [2.75, 3.05) is 12.4 Å². The number of nitrogens with one attached hydrogen (secondary N) is 1. The van der Waals surface area contributed by atoms with Crippen LogP contribution in [-0.4, -0.2) is 35.7 Å². The SMILES string of the molecule is CCC(C(N)=O)N1C(=O)c2cccc(NC)c2C1=O. The molecule has 0 bridgehead atoms. The van der Waals surface area contributed by atoms with Gasteiger partial charge in [0, 0.05) is 12.7 Å². The molecule has 6 heteroatoms. The first-order chi connectivity index (χ1) is 9.02. The summed E-state index contributed by atoms with van der Waals surface area (Å²) in [5.74, 6) is -1.62. The third-order valence-corrected chi connectivity index (χ3v) is 3.24. The number of primary amides is 1. The Bertz CT molecular complexity index is 568. The lowest BCUT2D eigenvalue weighted by atomic mass is 10.1. The van der Waals surface area contributed by atoms with Gasteiger partial charge in [0.25, 0.3) is 11.8 Å². The van der Waals surface area contributed by atoms with Gasteiger partial charge >= 0.3 is 0 Å². The smallest absolute Gasteiger partial charge is 0.264 e. The average molecular weight is 261 g/mol. The van der Waals surface area contributed by atoms with E-state index >= 15 is 0 Å². The molecule has 3 N–H and O–H groups in total. The van der Waals surface area contributed by atoms with E-state index in [0.29, 0.717) is 23.2 Å². The lowest BCUT2D eigenvalue weighted by Gasteiger charge is -2.21. The fourth-order valence-electron chi connectivity index (χ4n) is 2.31. The van der Waals surface area contributed by atoms with Gasteiger partial charge in [-0.05, 0) is 18.6 Å². The maximum Gasteiger partial charge on any atom is 0.264 e. The highest BCUT2D eigenvalue weighted by Crippen LogP contribution is 2.30. The summed E-state index contributed by atoms with van der Waals surface area (Å²) in [5.41, 5.74) is 6.43. The van der Waals surface area contributed by atoms with Crippen LogP contribution in [0, 0.1) is 0 Å². The molecule has 1 aromatic carbocycles. The molecule has 100 valence electrons. The third-order valence-electron chi connectivity index (χ3n) is 3.24. The minimum atomic E-state index is -0.905. The highest BCUT2D eigenvalue weighted by Gasteiger charge is 2.42. The Morgan fingerprint density at radius 2 is 2.05 bits per heavy atom. The molecule has 0 saturated heterocycles. The standard InChI is InChI=1S/C13H15N3O3/c1-3-9(11(14)17)16-12(18)7-5-4-6-8(15-2)10(7)13(16)19/h4-6,9,15H,3H2,1-2H3,(H2,14,17). The maximum atomic E-state index is 12.3. The molecule has 0 saturated carbocycles. The number of imide groups is 1. The number of carbonyl (C=O) groups excluding carboxylic acids is 3. The molecular weight excluding hydrogens is 246 g/mol. The molecule has 19 heavy (non-hydrogen) atoms. The van der Waals surface area contributed by atoms with Gasteiger partial charge < -0.3 is 11.1 Å². The van der Waals surface area contributed by atoms with Gasteiger partial charge in [-0.1, -0.05) is 13.0 Å². The van der Waals surface area contributed by atoms with Crippen molar-refractivity contribution in [3.05, 3.63) is 29.3 Å². The Hall–Kier alpha value is -2.37. The topological polar surface area (TPSA) is 92.5 Å². The minimum absolute atomic E-state index is 0.301. The zero-order valence-electron chi connectivity index (χ0n) is 10.8. The number of hydrogen-bond acceptors (Lipinski definition) is 4. The second kappa shape index (κ2) is 4.72. The Balaban J connectivity index is 2.53. The van der Waals surface area contributed by atoms with Crippen molar-refractivity contribution >= 4 is 23.4 Å². The van der Waals surface area contributed by atoms with E-state index in [9.17, 15) is 14.4 Å². The molecule has 1 aliphatic rings. The Labute approximate surface area is 110 Å². The lowest BCUT2D eigenvalue weighted by molar-refractivity contribution is -0.121. The first-order valence-electron chi connectivity index (χ1n) is 6.00. The van der Waals surface area contributed by atoms with Gasteiger partial charge in [0.2, 0.25) is 5.91 Å². The summed E-state index contributed by atoms with van der Waals surface area (Å²) in [7, 11) is 1.67. The number of benzene rings is 1. The first kappa shape index (κ1) is 13.1. The van der Waals surface area contributed by atoms with Crippen LogP contribution in [0.15, 0.2) is 18.2 Å². The molecule has 3 amide bonds. The molecule has 6 nitrogen and oxygen atoms in total. The molecule has 0 aliphatic carbocycles. The van der Waals surface area contributed by atoms with Gasteiger partial charge in [0.15, 0.2) is 0 Å². The van der Waals surface area contributed by atoms with Crippen LogP contribution < -0.4 is 11.1 Å². The van der Waals surface area contributed by atoms with Crippen molar-refractivity contribution in [1.82, 2.24) is 4.90 Å². The minimum Gasteiger partial charge on any atom is -0.387 e. The van der Waals surface area contributed by atoms with Crippen molar-refractivity contribution < 1.29 is 14.4 Å². The molecule has 0 aromatic heterocycles. The van der Waals surface area contributed by atoms with Crippen LogP contribution >= 0.6 is 0 Å².